The summed E-state index contributed by atoms with van der Waals surface area (Å²) in [5, 5.41) is 2.41. The molecule has 4 nitrogen and oxygen atoms in total. The third-order valence-corrected chi connectivity index (χ3v) is 11.0. The lowest BCUT2D eigenvalue weighted by atomic mass is 10.0. The molecule has 5 heteroatoms. The van der Waals surface area contributed by atoms with Crippen LogP contribution in [-0.4, -0.2) is 31.1 Å². The van der Waals surface area contributed by atoms with Gasteiger partial charge in [-0.3, -0.25) is 9.46 Å². The van der Waals surface area contributed by atoms with Gasteiger partial charge in [0.25, 0.3) is 7.44 Å². The molecule has 4 aromatic rings. The van der Waals surface area contributed by atoms with Gasteiger partial charge in [-0.1, -0.05) is 85.3 Å². The largest absolute Gasteiger partial charge is 0.304 e. The van der Waals surface area contributed by atoms with Crippen molar-refractivity contribution in [1.29, 1.82) is 0 Å². The van der Waals surface area contributed by atoms with E-state index in [1.807, 2.05) is 12.1 Å². The van der Waals surface area contributed by atoms with Crippen molar-refractivity contribution in [2.24, 2.45) is 0 Å². The summed E-state index contributed by atoms with van der Waals surface area (Å²) in [6.07, 6.45) is 3.55. The quantitative estimate of drug-likeness (QED) is 0.275. The molecule has 0 aliphatic carbocycles. The molecule has 178 valence electrons. The first-order valence-corrected chi connectivity index (χ1v) is 14.4. The van der Waals surface area contributed by atoms with E-state index in [-0.39, 0.29) is 5.78 Å². The average Bonchev–Trinajstić information content (AvgIpc) is 3.28. The molecule has 2 heterocycles. The number of anilines is 2. The molecule has 0 aromatic heterocycles. The molecule has 0 saturated carbocycles. The van der Waals surface area contributed by atoms with Gasteiger partial charge in [-0.05, 0) is 66.5 Å². The van der Waals surface area contributed by atoms with Gasteiger partial charge in [0, 0.05) is 24.5 Å². The van der Waals surface area contributed by atoms with Crippen molar-refractivity contribution in [3.8, 4) is 0 Å². The van der Waals surface area contributed by atoms with Crippen molar-refractivity contribution in [2.75, 3.05) is 35.5 Å². The first kappa shape index (κ1) is 22.4. The Hall–Kier alpha value is -3.07. The summed E-state index contributed by atoms with van der Waals surface area (Å²) in [4.78, 5) is 2.52. The highest BCUT2D eigenvalue weighted by atomic mass is 31.2. The number of hydrogen-bond acceptors (Lipinski definition) is 2. The maximum Gasteiger partial charge on any atom is 0.284 e. The number of fused-ring (bicyclic) bond motifs is 1. The summed E-state index contributed by atoms with van der Waals surface area (Å²) in [6, 6.07) is 35.8. The van der Waals surface area contributed by atoms with Crippen molar-refractivity contribution < 1.29 is 4.57 Å². The van der Waals surface area contributed by atoms with Crippen molar-refractivity contribution in [3.63, 3.8) is 0 Å². The first-order chi connectivity index (χ1) is 17.3. The van der Waals surface area contributed by atoms with Gasteiger partial charge >= 0.3 is 0 Å². The smallest absolute Gasteiger partial charge is 0.284 e. The van der Waals surface area contributed by atoms with Gasteiger partial charge in [-0.2, -0.15) is 0 Å². The van der Waals surface area contributed by atoms with Crippen LogP contribution in [0.2, 0.25) is 0 Å². The monoisotopic (exact) mass is 481 g/mol. The molecule has 0 bridgehead atoms. The molecule has 0 radical (unpaired) electrons. The Morgan fingerprint density at radius 1 is 0.571 bits per heavy atom. The number of piperidine rings is 1. The maximum absolute atomic E-state index is 15.9. The second kappa shape index (κ2) is 9.53. The molecule has 2 fully saturated rings. The van der Waals surface area contributed by atoms with E-state index in [0.717, 1.165) is 50.4 Å². The predicted octanol–water partition coefficient (Wildman–Crippen LogP) is 7.54. The Morgan fingerprint density at radius 3 is 1.74 bits per heavy atom. The van der Waals surface area contributed by atoms with E-state index in [9.17, 15) is 0 Å². The number of hydrogen-bond donors (Lipinski definition) is 0. The number of likely N-dealkylation sites (tertiary alicyclic amines) is 1. The highest BCUT2D eigenvalue weighted by Crippen LogP contribution is 2.70. The standard InChI is InChI=1S/C30H32N3OP/c34-35(32(26-15-4-1-5-16-26)23-24-33(35)27-17-6-2-7-18-27)30(31-21-10-3-11-22-31)29-20-12-14-25-13-8-9-19-28(25)29/h1-2,4-9,12-20,30H,3,10-11,21-24H2. The molecule has 0 spiro atoms. The van der Waals surface area contributed by atoms with Crippen LogP contribution in [0.5, 0.6) is 0 Å². The number of para-hydroxylation sites is 2. The second-order valence-electron chi connectivity index (χ2n) is 9.55. The molecule has 0 amide bonds. The minimum atomic E-state index is -3.15. The van der Waals surface area contributed by atoms with Gasteiger partial charge in [0.15, 0.2) is 0 Å². The molecule has 6 rings (SSSR count). The van der Waals surface area contributed by atoms with E-state index in [2.05, 4.69) is 105 Å². The molecular weight excluding hydrogens is 449 g/mol. The Labute approximate surface area is 208 Å². The molecule has 4 aromatic carbocycles. The van der Waals surface area contributed by atoms with Crippen LogP contribution in [0, 0.1) is 0 Å². The second-order valence-corrected chi connectivity index (χ2v) is 12.2. The highest BCUT2D eigenvalue weighted by Gasteiger charge is 2.52. The normalized spacial score (nSPS) is 19.2. The summed E-state index contributed by atoms with van der Waals surface area (Å²) in [5.41, 5.74) is 3.25. The van der Waals surface area contributed by atoms with Crippen LogP contribution in [-0.2, 0) is 4.57 Å². The van der Waals surface area contributed by atoms with Crippen LogP contribution < -0.4 is 9.34 Å². The lowest BCUT2D eigenvalue weighted by molar-refractivity contribution is 0.207. The van der Waals surface area contributed by atoms with Crippen LogP contribution in [0.3, 0.4) is 0 Å². The van der Waals surface area contributed by atoms with Crippen LogP contribution in [0.25, 0.3) is 10.8 Å². The number of rotatable bonds is 5. The third kappa shape index (κ3) is 3.95. The zero-order chi connectivity index (χ0) is 23.7. The molecule has 35 heavy (non-hydrogen) atoms. The molecule has 0 N–H and O–H groups in total. The fraction of sp³-hybridized carbons (Fsp3) is 0.267. The Bertz CT molecular complexity index is 1280. The van der Waals surface area contributed by atoms with Gasteiger partial charge in [0.2, 0.25) is 0 Å². The molecular formula is C30H32N3OP. The minimum absolute atomic E-state index is 0.211. The van der Waals surface area contributed by atoms with E-state index in [4.69, 9.17) is 0 Å². The fourth-order valence-corrected chi connectivity index (χ4v) is 9.60. The topological polar surface area (TPSA) is 26.8 Å². The number of nitrogens with zero attached hydrogens (tertiary/aromatic N) is 3. The van der Waals surface area contributed by atoms with Crippen molar-refractivity contribution in [1.82, 2.24) is 4.90 Å². The van der Waals surface area contributed by atoms with E-state index >= 15 is 4.57 Å². The van der Waals surface area contributed by atoms with Crippen LogP contribution in [0.1, 0.15) is 30.6 Å². The summed E-state index contributed by atoms with van der Waals surface area (Å²) in [5.74, 6) is -0.211. The van der Waals surface area contributed by atoms with Gasteiger partial charge in [-0.15, -0.1) is 0 Å². The Balaban J connectivity index is 1.60. The predicted molar refractivity (Wildman–Crippen MR) is 147 cm³/mol. The fourth-order valence-electron chi connectivity index (χ4n) is 5.89. The van der Waals surface area contributed by atoms with E-state index in [0.29, 0.717) is 0 Å². The van der Waals surface area contributed by atoms with Crippen LogP contribution >= 0.6 is 7.44 Å². The third-order valence-electron chi connectivity index (χ3n) is 7.48. The minimum Gasteiger partial charge on any atom is -0.304 e. The average molecular weight is 482 g/mol. The van der Waals surface area contributed by atoms with Crippen LogP contribution in [0.4, 0.5) is 11.4 Å². The van der Waals surface area contributed by atoms with E-state index < -0.39 is 7.44 Å². The van der Waals surface area contributed by atoms with Crippen molar-refractivity contribution in [2.45, 2.75) is 25.0 Å². The van der Waals surface area contributed by atoms with Crippen LogP contribution in [0.15, 0.2) is 103 Å². The maximum atomic E-state index is 15.9. The lowest BCUT2D eigenvalue weighted by Crippen LogP contribution is -2.38. The molecule has 2 aliphatic heterocycles. The Morgan fingerprint density at radius 2 is 1.11 bits per heavy atom. The summed E-state index contributed by atoms with van der Waals surface area (Å²) >= 11 is 0. The Kier molecular flexibility index (Phi) is 6.10. The summed E-state index contributed by atoms with van der Waals surface area (Å²) < 4.78 is 20.4. The zero-order valence-electron chi connectivity index (χ0n) is 20.0. The van der Waals surface area contributed by atoms with Crippen molar-refractivity contribution in [3.05, 3.63) is 109 Å². The van der Waals surface area contributed by atoms with E-state index in [1.165, 1.54) is 22.8 Å². The van der Waals surface area contributed by atoms with Crippen molar-refractivity contribution >= 4 is 29.6 Å². The van der Waals surface area contributed by atoms with Gasteiger partial charge in [0.1, 0.15) is 5.78 Å². The van der Waals surface area contributed by atoms with Gasteiger partial charge in [-0.25, -0.2) is 0 Å². The summed E-state index contributed by atoms with van der Waals surface area (Å²) in [6.45, 7) is 3.43. The molecule has 1 unspecified atom stereocenters. The van der Waals surface area contributed by atoms with E-state index in [1.54, 1.807) is 0 Å². The summed E-state index contributed by atoms with van der Waals surface area (Å²) in [7, 11) is -3.15. The SMILES string of the molecule is O=P1(C(c2cccc3ccccc23)N2CCCCC2)N(c2ccccc2)CCN1c1ccccc1. The zero-order valence-corrected chi connectivity index (χ0v) is 20.9. The molecule has 2 saturated heterocycles. The first-order valence-electron chi connectivity index (χ1n) is 12.7. The van der Waals surface area contributed by atoms with Gasteiger partial charge in [0.05, 0.1) is 0 Å². The molecule has 1 atom stereocenters. The molecule has 2 aliphatic rings. The van der Waals surface area contributed by atoms with Gasteiger partial charge < -0.3 is 9.34 Å². The lowest BCUT2D eigenvalue weighted by Gasteiger charge is -2.44. The number of benzene rings is 4. The highest BCUT2D eigenvalue weighted by molar-refractivity contribution is 7.67.